The molecule has 1 aliphatic rings. The van der Waals surface area contributed by atoms with Gasteiger partial charge in [0, 0.05) is 24.1 Å². The molecule has 0 atom stereocenters. The molecule has 0 saturated carbocycles. The minimum Gasteiger partial charge on any atom is -0.493 e. The summed E-state index contributed by atoms with van der Waals surface area (Å²) in [7, 11) is 1.37. The molecule has 9 nitrogen and oxygen atoms in total. The van der Waals surface area contributed by atoms with E-state index in [4.69, 9.17) is 25.8 Å². The van der Waals surface area contributed by atoms with Crippen LogP contribution in [0.25, 0.3) is 6.08 Å². The van der Waals surface area contributed by atoms with Crippen molar-refractivity contribution in [3.63, 3.8) is 0 Å². The Hall–Kier alpha value is -3.72. The number of ether oxygens (including phenoxy) is 3. The Bertz CT molecular complexity index is 1140. The number of halogens is 1. The van der Waals surface area contributed by atoms with Crippen LogP contribution in [-0.2, 0) is 14.3 Å². The van der Waals surface area contributed by atoms with Crippen LogP contribution in [0.1, 0.15) is 23.6 Å². The normalized spacial score (nSPS) is 14.3. The Morgan fingerprint density at radius 3 is 2.67 bits per heavy atom. The monoisotopic (exact) mass is 430 g/mol. The number of benzene rings is 2. The number of aliphatic imine (C=N–C) groups is 1. The summed E-state index contributed by atoms with van der Waals surface area (Å²) in [6.45, 7) is 2.83. The highest BCUT2D eigenvalue weighted by molar-refractivity contribution is 6.32. The van der Waals surface area contributed by atoms with E-state index in [1.807, 2.05) is 0 Å². The van der Waals surface area contributed by atoms with Gasteiger partial charge in [0.1, 0.15) is 0 Å². The fourth-order valence-corrected chi connectivity index (χ4v) is 2.95. The molecule has 1 aliphatic heterocycles. The quantitative estimate of drug-likeness (QED) is 0.232. The molecule has 0 N–H and O–H groups in total. The van der Waals surface area contributed by atoms with Crippen LogP contribution in [0, 0.1) is 17.0 Å². The van der Waals surface area contributed by atoms with Crippen molar-refractivity contribution in [1.82, 2.24) is 0 Å². The first-order valence-corrected chi connectivity index (χ1v) is 8.91. The van der Waals surface area contributed by atoms with Gasteiger partial charge in [-0.3, -0.25) is 14.9 Å². The van der Waals surface area contributed by atoms with E-state index in [9.17, 15) is 19.7 Å². The fraction of sp³-hybridized carbons (Fsp3) is 0.150. The number of carbonyl (C=O) groups is 2. The van der Waals surface area contributed by atoms with E-state index in [1.165, 1.54) is 38.3 Å². The van der Waals surface area contributed by atoms with E-state index in [1.54, 1.807) is 19.1 Å². The lowest BCUT2D eigenvalue weighted by atomic mass is 10.1. The average molecular weight is 431 g/mol. The number of cyclic esters (lactones) is 1. The molecule has 0 bridgehead atoms. The molecule has 2 aromatic rings. The molecule has 30 heavy (non-hydrogen) atoms. The van der Waals surface area contributed by atoms with Crippen molar-refractivity contribution in [3.05, 3.63) is 67.9 Å². The number of esters is 2. The van der Waals surface area contributed by atoms with Gasteiger partial charge in [0.2, 0.25) is 5.90 Å². The highest BCUT2D eigenvalue weighted by Crippen LogP contribution is 2.37. The number of methoxy groups -OCH3 is 1. The van der Waals surface area contributed by atoms with Crippen LogP contribution in [0.4, 0.5) is 5.69 Å². The maximum atomic E-state index is 12.2. The van der Waals surface area contributed by atoms with Crippen LogP contribution < -0.4 is 9.47 Å². The van der Waals surface area contributed by atoms with Gasteiger partial charge in [0.15, 0.2) is 17.2 Å². The van der Waals surface area contributed by atoms with Gasteiger partial charge in [-0.25, -0.2) is 9.79 Å². The third-order valence-corrected chi connectivity index (χ3v) is 4.35. The van der Waals surface area contributed by atoms with Crippen LogP contribution in [-0.4, -0.2) is 29.9 Å². The second-order valence-electron chi connectivity index (χ2n) is 6.22. The molecule has 0 fully saturated rings. The predicted octanol–water partition coefficient (Wildman–Crippen LogP) is 3.84. The fourth-order valence-electron chi connectivity index (χ4n) is 2.70. The standard InChI is InChI=1S/C20H15ClN2O7/c1-10-4-5-13(9-16(10)23(26)27)19-22-15(20(25)30-19)7-12-6-14(21)18(29-11(2)24)17(8-12)28-3/h4-9H,1-3H3/b15-7-. The molecule has 2 aromatic carbocycles. The third-order valence-electron chi connectivity index (χ3n) is 4.07. The van der Waals surface area contributed by atoms with Crippen molar-refractivity contribution >= 4 is 41.2 Å². The lowest BCUT2D eigenvalue weighted by Crippen LogP contribution is -2.06. The summed E-state index contributed by atoms with van der Waals surface area (Å²) in [5.74, 6) is -1.10. The maximum absolute atomic E-state index is 12.2. The smallest absolute Gasteiger partial charge is 0.363 e. The molecule has 3 rings (SSSR count). The number of nitrogens with zero attached hydrogens (tertiary/aromatic N) is 2. The molecular formula is C20H15ClN2O7. The first-order valence-electron chi connectivity index (χ1n) is 8.53. The van der Waals surface area contributed by atoms with Gasteiger partial charge >= 0.3 is 11.9 Å². The van der Waals surface area contributed by atoms with E-state index < -0.39 is 16.9 Å². The van der Waals surface area contributed by atoms with Gasteiger partial charge in [0.25, 0.3) is 5.69 Å². The van der Waals surface area contributed by atoms with Crippen LogP contribution in [0.15, 0.2) is 41.0 Å². The van der Waals surface area contributed by atoms with Crippen LogP contribution in [0.3, 0.4) is 0 Å². The lowest BCUT2D eigenvalue weighted by molar-refractivity contribution is -0.385. The topological polar surface area (TPSA) is 117 Å². The number of nitro groups is 1. The van der Waals surface area contributed by atoms with Crippen molar-refractivity contribution in [2.24, 2.45) is 4.99 Å². The van der Waals surface area contributed by atoms with E-state index in [-0.39, 0.29) is 33.8 Å². The van der Waals surface area contributed by atoms with Crippen molar-refractivity contribution < 1.29 is 28.7 Å². The Morgan fingerprint density at radius 2 is 2.03 bits per heavy atom. The molecule has 0 aliphatic carbocycles. The maximum Gasteiger partial charge on any atom is 0.363 e. The Balaban J connectivity index is 1.99. The van der Waals surface area contributed by atoms with E-state index in [2.05, 4.69) is 4.99 Å². The summed E-state index contributed by atoms with van der Waals surface area (Å²) in [5, 5.41) is 11.2. The number of carbonyl (C=O) groups excluding carboxylic acids is 2. The largest absolute Gasteiger partial charge is 0.493 e. The zero-order valence-electron chi connectivity index (χ0n) is 16.1. The zero-order chi connectivity index (χ0) is 22.0. The molecule has 10 heteroatoms. The van der Waals surface area contributed by atoms with Crippen LogP contribution >= 0.6 is 11.6 Å². The summed E-state index contributed by atoms with van der Waals surface area (Å²) in [6.07, 6.45) is 1.41. The Labute approximate surface area is 175 Å². The zero-order valence-corrected chi connectivity index (χ0v) is 16.9. The third kappa shape index (κ3) is 4.31. The first-order chi connectivity index (χ1) is 14.2. The summed E-state index contributed by atoms with van der Waals surface area (Å²) in [6, 6.07) is 7.38. The van der Waals surface area contributed by atoms with Crippen LogP contribution in [0.5, 0.6) is 11.5 Å². The number of aryl methyl sites for hydroxylation is 1. The van der Waals surface area contributed by atoms with E-state index in [0.29, 0.717) is 16.7 Å². The van der Waals surface area contributed by atoms with E-state index >= 15 is 0 Å². The Kier molecular flexibility index (Phi) is 5.84. The molecular weight excluding hydrogens is 416 g/mol. The van der Waals surface area contributed by atoms with Gasteiger partial charge in [-0.1, -0.05) is 17.7 Å². The average Bonchev–Trinajstić information content (AvgIpc) is 3.04. The lowest BCUT2D eigenvalue weighted by Gasteiger charge is -2.10. The minimum atomic E-state index is -0.729. The summed E-state index contributed by atoms with van der Waals surface area (Å²) >= 11 is 6.16. The minimum absolute atomic E-state index is 0.0356. The molecule has 0 aromatic heterocycles. The van der Waals surface area contributed by atoms with Gasteiger partial charge in [0.05, 0.1) is 17.1 Å². The molecule has 0 saturated heterocycles. The summed E-state index contributed by atoms with van der Waals surface area (Å²) < 4.78 is 15.4. The van der Waals surface area contributed by atoms with Gasteiger partial charge in [-0.05, 0) is 36.8 Å². The molecule has 0 radical (unpaired) electrons. The van der Waals surface area contributed by atoms with Gasteiger partial charge < -0.3 is 14.2 Å². The highest BCUT2D eigenvalue weighted by Gasteiger charge is 2.26. The number of hydrogen-bond acceptors (Lipinski definition) is 8. The number of hydrogen-bond donors (Lipinski definition) is 0. The SMILES string of the molecule is COc1cc(/C=C2\N=C(c3ccc(C)c([N+](=O)[O-])c3)OC2=O)cc(Cl)c1OC(C)=O. The predicted molar refractivity (Wildman–Crippen MR) is 108 cm³/mol. The van der Waals surface area contributed by atoms with Gasteiger partial charge in [-0.2, -0.15) is 0 Å². The van der Waals surface area contributed by atoms with Crippen LogP contribution in [0.2, 0.25) is 5.02 Å². The second-order valence-corrected chi connectivity index (χ2v) is 6.63. The van der Waals surface area contributed by atoms with Gasteiger partial charge in [-0.15, -0.1) is 0 Å². The van der Waals surface area contributed by atoms with Crippen molar-refractivity contribution in [1.29, 1.82) is 0 Å². The van der Waals surface area contributed by atoms with Crippen molar-refractivity contribution in [3.8, 4) is 11.5 Å². The Morgan fingerprint density at radius 1 is 1.30 bits per heavy atom. The molecule has 1 heterocycles. The molecule has 0 spiro atoms. The first kappa shape index (κ1) is 21.0. The van der Waals surface area contributed by atoms with Crippen molar-refractivity contribution in [2.75, 3.05) is 7.11 Å². The van der Waals surface area contributed by atoms with Crippen molar-refractivity contribution in [2.45, 2.75) is 13.8 Å². The number of nitro benzene ring substituents is 1. The highest BCUT2D eigenvalue weighted by atomic mass is 35.5. The second kappa shape index (κ2) is 8.34. The molecule has 154 valence electrons. The molecule has 0 unspecified atom stereocenters. The number of rotatable bonds is 5. The van der Waals surface area contributed by atoms with E-state index in [0.717, 1.165) is 0 Å². The summed E-state index contributed by atoms with van der Waals surface area (Å²) in [5.41, 5.74) is 1.07. The summed E-state index contributed by atoms with van der Waals surface area (Å²) in [4.78, 5) is 38.2. The molecule has 0 amide bonds.